The Bertz CT molecular complexity index is 1100. The van der Waals surface area contributed by atoms with E-state index >= 15 is 0 Å². The Morgan fingerprint density at radius 2 is 1.74 bits per heavy atom. The first-order chi connectivity index (χ1) is 15.0. The molecule has 0 aliphatic carbocycles. The molecular formula is C25H29N3O3. The van der Waals surface area contributed by atoms with Gasteiger partial charge < -0.3 is 14.2 Å². The van der Waals surface area contributed by atoms with Crippen LogP contribution in [0.1, 0.15) is 22.8 Å². The third-order valence-corrected chi connectivity index (χ3v) is 6.00. The molecule has 0 N–H and O–H groups in total. The summed E-state index contributed by atoms with van der Waals surface area (Å²) >= 11 is 0. The van der Waals surface area contributed by atoms with Crippen LogP contribution in [0, 0.1) is 0 Å². The van der Waals surface area contributed by atoms with E-state index < -0.39 is 0 Å². The number of nitrogens with zero attached hydrogens (tertiary/aromatic N) is 3. The molecule has 1 aliphatic heterocycles. The highest BCUT2D eigenvalue weighted by Crippen LogP contribution is 2.21. The van der Waals surface area contributed by atoms with E-state index in [4.69, 9.17) is 4.74 Å². The first-order valence-electron chi connectivity index (χ1n) is 10.8. The van der Waals surface area contributed by atoms with Gasteiger partial charge in [0.05, 0.1) is 24.3 Å². The summed E-state index contributed by atoms with van der Waals surface area (Å²) in [6.45, 7) is 6.52. The summed E-state index contributed by atoms with van der Waals surface area (Å²) < 4.78 is 7.06. The summed E-state index contributed by atoms with van der Waals surface area (Å²) in [5, 5.41) is 0.797. The molecule has 6 nitrogen and oxygen atoms in total. The molecule has 2 heterocycles. The number of aryl methyl sites for hydroxylation is 1. The number of morpholine rings is 1. The zero-order chi connectivity index (χ0) is 21.8. The zero-order valence-electron chi connectivity index (χ0n) is 18.2. The molecule has 1 atom stereocenters. The molecule has 31 heavy (non-hydrogen) atoms. The van der Waals surface area contributed by atoms with E-state index in [0.29, 0.717) is 12.1 Å². The van der Waals surface area contributed by atoms with Crippen LogP contribution in [0.3, 0.4) is 0 Å². The lowest BCUT2D eigenvalue weighted by molar-refractivity contribution is 0.0229. The SMILES string of the molecule is CC(CN1CCOCC1)N(Cc1ccccc1)C(=O)c1cc(=O)n(C)c2ccccc12. The molecule has 0 bridgehead atoms. The summed E-state index contributed by atoms with van der Waals surface area (Å²) in [5.74, 6) is -0.112. The summed E-state index contributed by atoms with van der Waals surface area (Å²) in [7, 11) is 1.74. The molecule has 0 radical (unpaired) electrons. The lowest BCUT2D eigenvalue weighted by atomic mass is 10.1. The van der Waals surface area contributed by atoms with Crippen LogP contribution in [0.4, 0.5) is 0 Å². The van der Waals surface area contributed by atoms with E-state index in [2.05, 4.69) is 11.8 Å². The Labute approximate surface area is 182 Å². The van der Waals surface area contributed by atoms with E-state index in [-0.39, 0.29) is 17.5 Å². The van der Waals surface area contributed by atoms with Crippen LogP contribution in [-0.4, -0.2) is 59.2 Å². The van der Waals surface area contributed by atoms with Crippen molar-refractivity contribution in [3.63, 3.8) is 0 Å². The van der Waals surface area contributed by atoms with Gasteiger partial charge in [-0.15, -0.1) is 0 Å². The Kier molecular flexibility index (Phi) is 6.49. The number of hydrogen-bond acceptors (Lipinski definition) is 4. The van der Waals surface area contributed by atoms with Crippen molar-refractivity contribution in [2.45, 2.75) is 19.5 Å². The van der Waals surface area contributed by atoms with E-state index in [9.17, 15) is 9.59 Å². The Balaban J connectivity index is 1.70. The molecule has 0 saturated carbocycles. The van der Waals surface area contributed by atoms with Gasteiger partial charge in [0.1, 0.15) is 0 Å². The van der Waals surface area contributed by atoms with Crippen molar-refractivity contribution in [2.75, 3.05) is 32.8 Å². The van der Waals surface area contributed by atoms with Crippen molar-refractivity contribution in [3.05, 3.63) is 82.1 Å². The van der Waals surface area contributed by atoms with Gasteiger partial charge in [0, 0.05) is 50.7 Å². The Hall–Kier alpha value is -2.96. The minimum absolute atomic E-state index is 0.0198. The first kappa shape index (κ1) is 21.3. The standard InChI is InChI=1S/C25H29N3O3/c1-19(17-27-12-14-31-15-13-27)28(18-20-8-4-3-5-9-20)25(30)22-16-24(29)26(2)23-11-7-6-10-21(22)23/h3-11,16,19H,12-15,17-18H2,1-2H3. The number of rotatable bonds is 6. The summed E-state index contributed by atoms with van der Waals surface area (Å²) in [6, 6.07) is 19.0. The van der Waals surface area contributed by atoms with Crippen LogP contribution in [0.25, 0.3) is 10.9 Å². The fourth-order valence-electron chi connectivity index (χ4n) is 4.21. The quantitative estimate of drug-likeness (QED) is 0.617. The first-order valence-corrected chi connectivity index (χ1v) is 10.8. The van der Waals surface area contributed by atoms with Gasteiger partial charge in [-0.05, 0) is 18.6 Å². The van der Waals surface area contributed by atoms with E-state index in [1.54, 1.807) is 11.6 Å². The number of fused-ring (bicyclic) bond motifs is 1. The minimum Gasteiger partial charge on any atom is -0.379 e. The van der Waals surface area contributed by atoms with Crippen LogP contribution in [0.2, 0.25) is 0 Å². The molecule has 4 rings (SSSR count). The van der Waals surface area contributed by atoms with Crippen LogP contribution in [0.15, 0.2) is 65.5 Å². The maximum absolute atomic E-state index is 13.8. The second kappa shape index (κ2) is 9.45. The molecule has 6 heteroatoms. The lowest BCUT2D eigenvalue weighted by Gasteiger charge is -2.35. The van der Waals surface area contributed by atoms with Gasteiger partial charge in [-0.25, -0.2) is 0 Å². The second-order valence-electron chi connectivity index (χ2n) is 8.15. The predicted octanol–water partition coefficient (Wildman–Crippen LogP) is 2.90. The number of amides is 1. The predicted molar refractivity (Wildman–Crippen MR) is 122 cm³/mol. The highest BCUT2D eigenvalue weighted by atomic mass is 16.5. The number of benzene rings is 2. The summed E-state index contributed by atoms with van der Waals surface area (Å²) in [6.07, 6.45) is 0. The summed E-state index contributed by atoms with van der Waals surface area (Å²) in [5.41, 5.74) is 2.11. The van der Waals surface area contributed by atoms with Crippen molar-refractivity contribution in [3.8, 4) is 0 Å². The molecule has 1 aliphatic rings. The van der Waals surface area contributed by atoms with Crippen LogP contribution >= 0.6 is 0 Å². The van der Waals surface area contributed by atoms with Gasteiger partial charge in [0.2, 0.25) is 0 Å². The van der Waals surface area contributed by atoms with Crippen molar-refractivity contribution in [1.29, 1.82) is 0 Å². The van der Waals surface area contributed by atoms with Gasteiger partial charge >= 0.3 is 0 Å². The lowest BCUT2D eigenvalue weighted by Crippen LogP contribution is -2.48. The number of hydrogen-bond donors (Lipinski definition) is 0. The number of aromatic nitrogens is 1. The molecular weight excluding hydrogens is 390 g/mol. The minimum atomic E-state index is -0.178. The topological polar surface area (TPSA) is 54.8 Å². The zero-order valence-corrected chi connectivity index (χ0v) is 18.2. The smallest absolute Gasteiger partial charge is 0.255 e. The molecule has 1 saturated heterocycles. The normalized spacial score (nSPS) is 15.7. The van der Waals surface area contributed by atoms with Crippen LogP contribution < -0.4 is 5.56 Å². The fourth-order valence-corrected chi connectivity index (χ4v) is 4.21. The van der Waals surface area contributed by atoms with Gasteiger partial charge in [-0.2, -0.15) is 0 Å². The number of para-hydroxylation sites is 1. The van der Waals surface area contributed by atoms with Crippen molar-refractivity contribution >= 4 is 16.8 Å². The third-order valence-electron chi connectivity index (χ3n) is 6.00. The van der Waals surface area contributed by atoms with E-state index in [1.807, 2.05) is 59.5 Å². The van der Waals surface area contributed by atoms with Crippen molar-refractivity contribution in [2.24, 2.45) is 7.05 Å². The summed E-state index contributed by atoms with van der Waals surface area (Å²) in [4.78, 5) is 30.7. The molecule has 1 fully saturated rings. The number of ether oxygens (including phenoxy) is 1. The monoisotopic (exact) mass is 419 g/mol. The molecule has 162 valence electrons. The number of pyridine rings is 1. The molecule has 1 unspecified atom stereocenters. The van der Waals surface area contributed by atoms with Gasteiger partial charge in [0.15, 0.2) is 0 Å². The van der Waals surface area contributed by atoms with Gasteiger partial charge in [0.25, 0.3) is 11.5 Å². The Morgan fingerprint density at radius 1 is 1.06 bits per heavy atom. The van der Waals surface area contributed by atoms with Gasteiger partial charge in [-0.3, -0.25) is 14.5 Å². The van der Waals surface area contributed by atoms with Crippen molar-refractivity contribution < 1.29 is 9.53 Å². The largest absolute Gasteiger partial charge is 0.379 e. The average molecular weight is 420 g/mol. The molecule has 1 amide bonds. The molecule has 1 aromatic heterocycles. The third kappa shape index (κ3) is 4.70. The fraction of sp³-hybridized carbons (Fsp3) is 0.360. The average Bonchev–Trinajstić information content (AvgIpc) is 2.81. The van der Waals surface area contributed by atoms with E-state index in [0.717, 1.165) is 49.3 Å². The maximum Gasteiger partial charge on any atom is 0.255 e. The van der Waals surface area contributed by atoms with E-state index in [1.165, 1.54) is 6.07 Å². The highest BCUT2D eigenvalue weighted by Gasteiger charge is 2.26. The molecule has 3 aromatic rings. The second-order valence-corrected chi connectivity index (χ2v) is 8.15. The van der Waals surface area contributed by atoms with Crippen molar-refractivity contribution in [1.82, 2.24) is 14.4 Å². The maximum atomic E-state index is 13.8. The van der Waals surface area contributed by atoms with Crippen LogP contribution in [-0.2, 0) is 18.3 Å². The highest BCUT2D eigenvalue weighted by molar-refractivity contribution is 6.06. The molecule has 0 spiro atoms. The number of carbonyl (C=O) groups is 1. The Morgan fingerprint density at radius 3 is 2.48 bits per heavy atom. The van der Waals surface area contributed by atoms with Gasteiger partial charge in [-0.1, -0.05) is 48.5 Å². The number of carbonyl (C=O) groups excluding carboxylic acids is 1. The van der Waals surface area contributed by atoms with Crippen LogP contribution in [0.5, 0.6) is 0 Å². The molecule has 2 aromatic carbocycles.